The van der Waals surface area contributed by atoms with Crippen molar-refractivity contribution in [3.05, 3.63) is 34.9 Å². The number of primary amides is 1. The van der Waals surface area contributed by atoms with Crippen molar-refractivity contribution in [2.75, 3.05) is 0 Å². The summed E-state index contributed by atoms with van der Waals surface area (Å²) in [4.78, 5) is 21.4. The zero-order chi connectivity index (χ0) is 12.1. The van der Waals surface area contributed by atoms with Crippen LogP contribution in [0.3, 0.4) is 0 Å². The van der Waals surface area contributed by atoms with E-state index in [1.54, 1.807) is 24.3 Å². The van der Waals surface area contributed by atoms with Gasteiger partial charge in [-0.2, -0.15) is 0 Å². The molecule has 0 aromatic heterocycles. The molecular formula is C10H11ClN2O3. The first-order valence-corrected chi connectivity index (χ1v) is 4.90. The Morgan fingerprint density at radius 1 is 1.44 bits per heavy atom. The third-order valence-electron chi connectivity index (χ3n) is 1.98. The van der Waals surface area contributed by atoms with Crippen molar-refractivity contribution in [1.82, 2.24) is 5.32 Å². The van der Waals surface area contributed by atoms with Crippen LogP contribution in [0.5, 0.6) is 0 Å². The minimum atomic E-state index is -1.04. The molecule has 5 nitrogen and oxygen atoms in total. The Hall–Kier alpha value is -1.75. The second kappa shape index (κ2) is 5.37. The minimum Gasteiger partial charge on any atom is -0.481 e. The maximum Gasteiger partial charge on any atom is 0.312 e. The molecule has 4 N–H and O–H groups in total. The van der Waals surface area contributed by atoms with Crippen molar-refractivity contribution < 1.29 is 14.7 Å². The molecule has 0 aliphatic heterocycles. The molecule has 0 heterocycles. The minimum absolute atomic E-state index is 0.271. The molecule has 1 aromatic rings. The van der Waals surface area contributed by atoms with E-state index in [2.05, 4.69) is 5.32 Å². The van der Waals surface area contributed by atoms with Gasteiger partial charge in [-0.15, -0.1) is 0 Å². The Kier molecular flexibility index (Phi) is 4.13. The van der Waals surface area contributed by atoms with Crippen molar-refractivity contribution >= 4 is 23.6 Å². The first-order valence-electron chi connectivity index (χ1n) is 4.53. The zero-order valence-electron chi connectivity index (χ0n) is 8.31. The van der Waals surface area contributed by atoms with E-state index >= 15 is 0 Å². The van der Waals surface area contributed by atoms with Crippen molar-refractivity contribution in [3.8, 4) is 0 Å². The monoisotopic (exact) mass is 242 g/mol. The molecule has 0 fully saturated rings. The molecule has 6 heteroatoms. The fraction of sp³-hybridized carbons (Fsp3) is 0.200. The Labute approximate surface area is 97.2 Å². The van der Waals surface area contributed by atoms with Gasteiger partial charge in [0.05, 0.1) is 12.5 Å². The maximum atomic E-state index is 10.8. The molecule has 0 aliphatic rings. The number of aliphatic carboxylic acids is 1. The van der Waals surface area contributed by atoms with Crippen LogP contribution in [0.15, 0.2) is 24.3 Å². The Morgan fingerprint density at radius 2 is 2.06 bits per heavy atom. The Morgan fingerprint density at radius 3 is 2.56 bits per heavy atom. The predicted molar refractivity (Wildman–Crippen MR) is 59.2 cm³/mol. The highest BCUT2D eigenvalue weighted by molar-refractivity contribution is 6.31. The number of carbonyl (C=O) groups excluding carboxylic acids is 1. The smallest absolute Gasteiger partial charge is 0.312 e. The van der Waals surface area contributed by atoms with Crippen LogP contribution >= 0.6 is 11.6 Å². The van der Waals surface area contributed by atoms with Gasteiger partial charge in [-0.1, -0.05) is 29.8 Å². The zero-order valence-corrected chi connectivity index (χ0v) is 9.07. The standard InChI is InChI=1S/C10H11ClN2O3/c11-7-4-2-1-3-6(7)8(5-9(14)15)13-10(12)16/h1-4,8H,5H2,(H,14,15)(H3,12,13,16)/t8-/m1/s1. The summed E-state index contributed by atoms with van der Waals surface area (Å²) in [6.07, 6.45) is -0.271. The molecular weight excluding hydrogens is 232 g/mol. The van der Waals surface area contributed by atoms with Crippen LogP contribution in [0.25, 0.3) is 0 Å². The molecule has 2 amide bonds. The lowest BCUT2D eigenvalue weighted by Crippen LogP contribution is -2.34. The largest absolute Gasteiger partial charge is 0.481 e. The summed E-state index contributed by atoms with van der Waals surface area (Å²) in [5.41, 5.74) is 5.50. The lowest BCUT2D eigenvalue weighted by molar-refractivity contribution is -0.137. The van der Waals surface area contributed by atoms with Crippen molar-refractivity contribution in [1.29, 1.82) is 0 Å². The number of carboxylic acids is 1. The molecule has 0 spiro atoms. The number of urea groups is 1. The summed E-state index contributed by atoms with van der Waals surface area (Å²) in [7, 11) is 0. The van der Waals surface area contributed by atoms with Gasteiger partial charge in [0.2, 0.25) is 0 Å². The molecule has 86 valence electrons. The van der Waals surface area contributed by atoms with Crippen molar-refractivity contribution in [3.63, 3.8) is 0 Å². The molecule has 0 bridgehead atoms. The average molecular weight is 243 g/mol. The van der Waals surface area contributed by atoms with Gasteiger partial charge >= 0.3 is 12.0 Å². The summed E-state index contributed by atoms with van der Waals surface area (Å²) in [6.45, 7) is 0. The summed E-state index contributed by atoms with van der Waals surface area (Å²) in [5.74, 6) is -1.04. The van der Waals surface area contributed by atoms with Crippen molar-refractivity contribution in [2.24, 2.45) is 5.73 Å². The van der Waals surface area contributed by atoms with E-state index in [0.717, 1.165) is 0 Å². The predicted octanol–water partition coefficient (Wildman–Crippen LogP) is 1.52. The first kappa shape index (κ1) is 12.3. The van der Waals surface area contributed by atoms with Gasteiger partial charge in [0, 0.05) is 5.02 Å². The molecule has 0 radical (unpaired) electrons. The van der Waals surface area contributed by atoms with Crippen LogP contribution in [0, 0.1) is 0 Å². The number of carboxylic acid groups (broad SMARTS) is 1. The molecule has 0 unspecified atom stereocenters. The average Bonchev–Trinajstić information content (AvgIpc) is 2.15. The van der Waals surface area contributed by atoms with Gasteiger partial charge < -0.3 is 16.2 Å². The third-order valence-corrected chi connectivity index (χ3v) is 2.32. The molecule has 1 aromatic carbocycles. The molecule has 1 atom stereocenters. The van der Waals surface area contributed by atoms with Gasteiger partial charge in [-0.05, 0) is 11.6 Å². The number of rotatable bonds is 4. The number of carbonyl (C=O) groups is 2. The quantitative estimate of drug-likeness (QED) is 0.747. The normalized spacial score (nSPS) is 11.8. The fourth-order valence-corrected chi connectivity index (χ4v) is 1.61. The second-order valence-electron chi connectivity index (χ2n) is 3.18. The van der Waals surface area contributed by atoms with Gasteiger partial charge in [0.25, 0.3) is 0 Å². The Bertz CT molecular complexity index is 393. The van der Waals surface area contributed by atoms with Crippen LogP contribution < -0.4 is 11.1 Å². The van der Waals surface area contributed by atoms with Crippen LogP contribution in [0.1, 0.15) is 18.0 Å². The second-order valence-corrected chi connectivity index (χ2v) is 3.59. The summed E-state index contributed by atoms with van der Waals surface area (Å²) >= 11 is 5.90. The van der Waals surface area contributed by atoms with Crippen LogP contribution in [0.4, 0.5) is 4.79 Å². The number of halogens is 1. The topological polar surface area (TPSA) is 92.4 Å². The third kappa shape index (κ3) is 3.43. The van der Waals surface area contributed by atoms with E-state index in [4.69, 9.17) is 22.4 Å². The number of nitrogens with two attached hydrogens (primary N) is 1. The SMILES string of the molecule is NC(=O)N[C@H](CC(=O)O)c1ccccc1Cl. The summed E-state index contributed by atoms with van der Waals surface area (Å²) in [6, 6.07) is 5.18. The number of hydrogen-bond acceptors (Lipinski definition) is 2. The first-order chi connectivity index (χ1) is 7.50. The highest BCUT2D eigenvalue weighted by atomic mass is 35.5. The highest BCUT2D eigenvalue weighted by Gasteiger charge is 2.18. The van der Waals surface area contributed by atoms with Crippen LogP contribution in [0.2, 0.25) is 5.02 Å². The van der Waals surface area contributed by atoms with E-state index < -0.39 is 18.0 Å². The number of amides is 2. The molecule has 0 saturated carbocycles. The molecule has 0 saturated heterocycles. The Balaban J connectivity index is 2.96. The molecule has 1 rings (SSSR count). The van der Waals surface area contributed by atoms with Crippen LogP contribution in [-0.4, -0.2) is 17.1 Å². The van der Waals surface area contributed by atoms with Gasteiger partial charge in [0.1, 0.15) is 0 Å². The molecule has 0 aliphatic carbocycles. The lowest BCUT2D eigenvalue weighted by atomic mass is 10.0. The number of nitrogens with one attached hydrogen (secondary N) is 1. The van der Waals surface area contributed by atoms with Gasteiger partial charge in [0.15, 0.2) is 0 Å². The van der Waals surface area contributed by atoms with Gasteiger partial charge in [-0.25, -0.2) is 4.79 Å². The van der Waals surface area contributed by atoms with Crippen LogP contribution in [-0.2, 0) is 4.79 Å². The van der Waals surface area contributed by atoms with E-state index in [-0.39, 0.29) is 6.42 Å². The van der Waals surface area contributed by atoms with E-state index in [9.17, 15) is 9.59 Å². The van der Waals surface area contributed by atoms with E-state index in [1.165, 1.54) is 0 Å². The molecule has 16 heavy (non-hydrogen) atoms. The highest BCUT2D eigenvalue weighted by Crippen LogP contribution is 2.24. The lowest BCUT2D eigenvalue weighted by Gasteiger charge is -2.16. The van der Waals surface area contributed by atoms with E-state index in [0.29, 0.717) is 10.6 Å². The number of benzene rings is 1. The fourth-order valence-electron chi connectivity index (χ4n) is 1.34. The number of hydrogen-bond donors (Lipinski definition) is 3. The summed E-state index contributed by atoms with van der Waals surface area (Å²) < 4.78 is 0. The van der Waals surface area contributed by atoms with Crippen molar-refractivity contribution in [2.45, 2.75) is 12.5 Å². The maximum absolute atomic E-state index is 10.8. The van der Waals surface area contributed by atoms with E-state index in [1.807, 2.05) is 0 Å². The van der Waals surface area contributed by atoms with Gasteiger partial charge in [-0.3, -0.25) is 4.79 Å². The summed E-state index contributed by atoms with van der Waals surface area (Å²) in [5, 5.41) is 11.4.